The van der Waals surface area contributed by atoms with Gasteiger partial charge < -0.3 is 4.74 Å². The average Bonchev–Trinajstić information content (AvgIpc) is 2.83. The first-order valence-electron chi connectivity index (χ1n) is 11.8. The van der Waals surface area contributed by atoms with Crippen LogP contribution in [0.1, 0.15) is 43.9 Å². The van der Waals surface area contributed by atoms with Crippen LogP contribution in [0.4, 0.5) is 0 Å². The lowest BCUT2D eigenvalue weighted by atomic mass is 9.71. The van der Waals surface area contributed by atoms with Crippen molar-refractivity contribution in [1.29, 1.82) is 0 Å². The average molecular weight is 423 g/mol. The molecular formula is C31H34O. The van der Waals surface area contributed by atoms with Crippen LogP contribution in [0, 0.1) is 17.8 Å². The van der Waals surface area contributed by atoms with E-state index >= 15 is 0 Å². The van der Waals surface area contributed by atoms with Crippen molar-refractivity contribution < 1.29 is 4.74 Å². The third-order valence-corrected chi connectivity index (χ3v) is 6.63. The van der Waals surface area contributed by atoms with Crippen LogP contribution in [-0.4, -0.2) is 0 Å². The van der Waals surface area contributed by atoms with E-state index in [9.17, 15) is 0 Å². The van der Waals surface area contributed by atoms with Gasteiger partial charge in [0.25, 0.3) is 0 Å². The van der Waals surface area contributed by atoms with Crippen molar-refractivity contribution in [2.45, 2.75) is 40.2 Å². The molecule has 0 aliphatic heterocycles. The fourth-order valence-corrected chi connectivity index (χ4v) is 5.00. The first kappa shape index (κ1) is 22.1. The minimum Gasteiger partial charge on any atom is -0.493 e. The Morgan fingerprint density at radius 3 is 1.88 bits per heavy atom. The van der Waals surface area contributed by atoms with Crippen LogP contribution in [0.25, 0.3) is 5.57 Å². The molecule has 0 aromatic heterocycles. The van der Waals surface area contributed by atoms with Gasteiger partial charge >= 0.3 is 0 Å². The highest BCUT2D eigenvalue weighted by atomic mass is 16.5. The van der Waals surface area contributed by atoms with Gasteiger partial charge in [-0.15, -0.1) is 0 Å². The molecular weight excluding hydrogens is 388 g/mol. The van der Waals surface area contributed by atoms with Gasteiger partial charge in [-0.25, -0.2) is 0 Å². The molecule has 32 heavy (non-hydrogen) atoms. The minimum atomic E-state index is 0.386. The zero-order chi connectivity index (χ0) is 22.3. The van der Waals surface area contributed by atoms with Crippen molar-refractivity contribution in [2.24, 2.45) is 17.8 Å². The molecule has 1 aliphatic carbocycles. The number of hydrogen-bond donors (Lipinski definition) is 0. The molecule has 0 saturated carbocycles. The highest BCUT2D eigenvalue weighted by molar-refractivity contribution is 5.79. The molecule has 2 atom stereocenters. The van der Waals surface area contributed by atoms with Crippen molar-refractivity contribution in [3.63, 3.8) is 0 Å². The summed E-state index contributed by atoms with van der Waals surface area (Å²) < 4.78 is 6.50. The van der Waals surface area contributed by atoms with Gasteiger partial charge in [-0.1, -0.05) is 117 Å². The van der Waals surface area contributed by atoms with E-state index in [2.05, 4.69) is 118 Å². The lowest BCUT2D eigenvalue weighted by Gasteiger charge is -2.36. The third-order valence-electron chi connectivity index (χ3n) is 6.63. The highest BCUT2D eigenvalue weighted by Gasteiger charge is 2.34. The van der Waals surface area contributed by atoms with Crippen molar-refractivity contribution in [1.82, 2.24) is 0 Å². The minimum absolute atomic E-state index is 0.386. The molecule has 0 radical (unpaired) electrons. The van der Waals surface area contributed by atoms with Gasteiger partial charge in [0.2, 0.25) is 0 Å². The predicted octanol–water partition coefficient (Wildman–Crippen LogP) is 8.10. The molecule has 0 heterocycles. The maximum atomic E-state index is 6.50. The van der Waals surface area contributed by atoms with E-state index in [1.54, 1.807) is 5.57 Å². The molecule has 0 bridgehead atoms. The predicted molar refractivity (Wildman–Crippen MR) is 135 cm³/mol. The van der Waals surface area contributed by atoms with E-state index in [1.165, 1.54) is 22.3 Å². The molecule has 0 amide bonds. The Bertz CT molecular complexity index is 1050. The van der Waals surface area contributed by atoms with Gasteiger partial charge in [0.15, 0.2) is 0 Å². The first-order valence-corrected chi connectivity index (χ1v) is 11.8. The molecule has 0 unspecified atom stereocenters. The molecule has 0 saturated heterocycles. The number of benzene rings is 3. The quantitative estimate of drug-likeness (QED) is 0.356. The summed E-state index contributed by atoms with van der Waals surface area (Å²) in [7, 11) is 0. The highest BCUT2D eigenvalue weighted by Crippen LogP contribution is 2.44. The fraction of sp³-hybridized carbons (Fsp3) is 0.290. The molecule has 164 valence electrons. The van der Waals surface area contributed by atoms with E-state index in [0.717, 1.165) is 18.6 Å². The van der Waals surface area contributed by atoms with Gasteiger partial charge in [-0.3, -0.25) is 0 Å². The van der Waals surface area contributed by atoms with E-state index < -0.39 is 0 Å². The van der Waals surface area contributed by atoms with Crippen LogP contribution in [0.5, 0.6) is 0 Å². The van der Waals surface area contributed by atoms with E-state index in [0.29, 0.717) is 24.4 Å². The Kier molecular flexibility index (Phi) is 7.27. The van der Waals surface area contributed by atoms with Crippen LogP contribution >= 0.6 is 0 Å². The summed E-state index contributed by atoms with van der Waals surface area (Å²) >= 11 is 0. The van der Waals surface area contributed by atoms with Gasteiger partial charge in [0, 0.05) is 5.92 Å². The zero-order valence-corrected chi connectivity index (χ0v) is 19.5. The molecule has 0 fully saturated rings. The summed E-state index contributed by atoms with van der Waals surface area (Å²) in [5, 5.41) is 0. The summed E-state index contributed by atoms with van der Waals surface area (Å²) in [5.74, 6) is 2.45. The lowest BCUT2D eigenvalue weighted by Crippen LogP contribution is -2.27. The topological polar surface area (TPSA) is 9.23 Å². The maximum absolute atomic E-state index is 6.50. The van der Waals surface area contributed by atoms with Gasteiger partial charge in [0.1, 0.15) is 12.4 Å². The molecule has 1 aliphatic rings. The number of aryl methyl sites for hydroxylation is 1. The van der Waals surface area contributed by atoms with Crippen LogP contribution in [-0.2, 0) is 17.8 Å². The summed E-state index contributed by atoms with van der Waals surface area (Å²) in [5.41, 5.74) is 6.78. The van der Waals surface area contributed by atoms with Gasteiger partial charge in [-0.2, -0.15) is 0 Å². The van der Waals surface area contributed by atoms with Crippen LogP contribution in [0.3, 0.4) is 0 Å². The standard InChI is InChI=1S/C31H34O/c1-23(2)31-24(3)28(20-19-25-13-7-4-8-14-25)29(27-17-11-6-12-18-27)21-30(31)32-22-26-15-9-5-10-16-26/h4-18,21,23-24,31H,19-20,22H2,1-3H3/t24-,31-/m1/s1. The van der Waals surface area contributed by atoms with Gasteiger partial charge in [0.05, 0.1) is 0 Å². The molecule has 0 spiro atoms. The summed E-state index contributed by atoms with van der Waals surface area (Å²) in [4.78, 5) is 0. The Balaban J connectivity index is 1.69. The summed E-state index contributed by atoms with van der Waals surface area (Å²) in [6.45, 7) is 7.66. The van der Waals surface area contributed by atoms with Crippen molar-refractivity contribution in [3.05, 3.63) is 125 Å². The van der Waals surface area contributed by atoms with Crippen LogP contribution in [0.2, 0.25) is 0 Å². The number of rotatable bonds is 8. The van der Waals surface area contributed by atoms with Crippen LogP contribution < -0.4 is 0 Å². The monoisotopic (exact) mass is 422 g/mol. The largest absolute Gasteiger partial charge is 0.493 e. The maximum Gasteiger partial charge on any atom is 0.113 e. The molecule has 4 rings (SSSR count). The Morgan fingerprint density at radius 2 is 1.28 bits per heavy atom. The normalized spacial score (nSPS) is 18.6. The number of hydrogen-bond acceptors (Lipinski definition) is 1. The first-order chi connectivity index (χ1) is 15.6. The van der Waals surface area contributed by atoms with Crippen molar-refractivity contribution >= 4 is 5.57 Å². The van der Waals surface area contributed by atoms with Gasteiger partial charge in [-0.05, 0) is 53.0 Å². The van der Waals surface area contributed by atoms with E-state index in [1.807, 2.05) is 0 Å². The van der Waals surface area contributed by atoms with Crippen molar-refractivity contribution in [3.8, 4) is 0 Å². The van der Waals surface area contributed by atoms with Crippen LogP contribution in [0.15, 0.2) is 108 Å². The molecule has 1 heteroatoms. The second-order valence-electron chi connectivity index (χ2n) is 9.17. The number of ether oxygens (including phenoxy) is 1. The van der Waals surface area contributed by atoms with Crippen molar-refractivity contribution in [2.75, 3.05) is 0 Å². The molecule has 3 aromatic rings. The second kappa shape index (κ2) is 10.5. The lowest BCUT2D eigenvalue weighted by molar-refractivity contribution is 0.129. The molecule has 0 N–H and O–H groups in total. The summed E-state index contributed by atoms with van der Waals surface area (Å²) in [6, 6.07) is 32.1. The fourth-order valence-electron chi connectivity index (χ4n) is 5.00. The third kappa shape index (κ3) is 5.22. The summed E-state index contributed by atoms with van der Waals surface area (Å²) in [6.07, 6.45) is 4.47. The Labute approximate surface area is 193 Å². The Morgan fingerprint density at radius 1 is 0.719 bits per heavy atom. The van der Waals surface area contributed by atoms with E-state index in [4.69, 9.17) is 4.74 Å². The Hall–Kier alpha value is -3.06. The number of allylic oxidation sites excluding steroid dienone is 4. The SMILES string of the molecule is CC(C)[C@H]1C(OCc2ccccc2)=CC(c2ccccc2)=C(CCc2ccccc2)[C@H]1C. The van der Waals surface area contributed by atoms with E-state index in [-0.39, 0.29) is 0 Å². The second-order valence-corrected chi connectivity index (χ2v) is 9.17. The zero-order valence-electron chi connectivity index (χ0n) is 19.5. The smallest absolute Gasteiger partial charge is 0.113 e. The molecule has 1 nitrogen and oxygen atoms in total. The molecule has 3 aromatic carbocycles.